The van der Waals surface area contributed by atoms with Crippen LogP contribution in [0.5, 0.6) is 0 Å². The molecule has 0 saturated carbocycles. The molecular weight excluding hydrogens is 254 g/mol. The second-order valence-corrected chi connectivity index (χ2v) is 6.36. The lowest BCUT2D eigenvalue weighted by atomic mass is 9.93. The normalized spacial score (nSPS) is 18.3. The van der Waals surface area contributed by atoms with Crippen molar-refractivity contribution in [3.8, 4) is 0 Å². The lowest BCUT2D eigenvalue weighted by Crippen LogP contribution is -2.52. The first kappa shape index (κ1) is 13.1. The van der Waals surface area contributed by atoms with Crippen LogP contribution < -0.4 is 0 Å². The van der Waals surface area contributed by atoms with Crippen molar-refractivity contribution in [1.82, 2.24) is 4.90 Å². The second kappa shape index (κ2) is 5.09. The number of piperidine rings is 1. The highest BCUT2D eigenvalue weighted by molar-refractivity contribution is 7.12. The number of likely N-dealkylation sites (tertiary alicyclic amines) is 1. The zero-order chi connectivity index (χ0) is 12.5. The molecule has 0 aliphatic carbocycles. The smallest absolute Gasteiger partial charge is 0.193 e. The highest BCUT2D eigenvalue weighted by Gasteiger charge is 2.37. The van der Waals surface area contributed by atoms with E-state index in [1.807, 2.05) is 19.2 Å². The van der Waals surface area contributed by atoms with Crippen LogP contribution in [0.15, 0.2) is 11.4 Å². The summed E-state index contributed by atoms with van der Waals surface area (Å²) in [5, 5.41) is 2.46. The summed E-state index contributed by atoms with van der Waals surface area (Å²) in [5.74, 6) is 0.152. The molecule has 0 atom stereocenters. The summed E-state index contributed by atoms with van der Waals surface area (Å²) in [6.07, 6.45) is 3.66. The summed E-state index contributed by atoms with van der Waals surface area (Å²) >= 11 is 7.49. The Morgan fingerprint density at radius 2 is 2.00 bits per heavy atom. The van der Waals surface area contributed by atoms with Crippen molar-refractivity contribution >= 4 is 28.7 Å². The van der Waals surface area contributed by atoms with Gasteiger partial charge in [0.15, 0.2) is 5.78 Å². The van der Waals surface area contributed by atoms with Gasteiger partial charge < -0.3 is 0 Å². The Morgan fingerprint density at radius 3 is 2.53 bits per heavy atom. The van der Waals surface area contributed by atoms with Crippen molar-refractivity contribution in [2.75, 3.05) is 13.1 Å². The first-order valence-corrected chi connectivity index (χ1v) is 7.32. The molecule has 2 rings (SSSR count). The molecule has 4 heteroatoms. The SMILES string of the molecule is CC(C)(C(=O)c1sccc1Cl)N1CCCCC1. The van der Waals surface area contributed by atoms with Gasteiger partial charge in [-0.1, -0.05) is 18.0 Å². The van der Waals surface area contributed by atoms with Gasteiger partial charge in [-0.15, -0.1) is 11.3 Å². The minimum atomic E-state index is -0.436. The van der Waals surface area contributed by atoms with Crippen LogP contribution in [0.25, 0.3) is 0 Å². The van der Waals surface area contributed by atoms with Crippen molar-refractivity contribution < 1.29 is 4.79 Å². The predicted octanol–water partition coefficient (Wildman–Crippen LogP) is 3.85. The maximum atomic E-state index is 12.5. The molecule has 0 N–H and O–H groups in total. The van der Waals surface area contributed by atoms with Gasteiger partial charge in [0.25, 0.3) is 0 Å². The van der Waals surface area contributed by atoms with Crippen LogP contribution in [0.2, 0.25) is 5.02 Å². The Morgan fingerprint density at radius 1 is 1.35 bits per heavy atom. The summed E-state index contributed by atoms with van der Waals surface area (Å²) in [6.45, 7) is 6.05. The van der Waals surface area contributed by atoms with Gasteiger partial charge >= 0.3 is 0 Å². The Hall–Kier alpha value is -0.380. The van der Waals surface area contributed by atoms with Crippen LogP contribution in [-0.4, -0.2) is 29.3 Å². The number of hydrogen-bond acceptors (Lipinski definition) is 3. The molecule has 1 fully saturated rings. The fourth-order valence-electron chi connectivity index (χ4n) is 2.33. The largest absolute Gasteiger partial charge is 0.291 e. The van der Waals surface area contributed by atoms with Crippen LogP contribution in [0.1, 0.15) is 42.8 Å². The third kappa shape index (κ3) is 2.56. The molecule has 1 aliphatic heterocycles. The molecule has 0 radical (unpaired) electrons. The molecule has 1 aliphatic rings. The van der Waals surface area contributed by atoms with Gasteiger partial charge in [-0.3, -0.25) is 9.69 Å². The molecule has 1 aromatic heterocycles. The van der Waals surface area contributed by atoms with Crippen LogP contribution in [0, 0.1) is 0 Å². The molecule has 1 aromatic rings. The molecule has 17 heavy (non-hydrogen) atoms. The van der Waals surface area contributed by atoms with E-state index in [2.05, 4.69) is 4.90 Å². The average molecular weight is 272 g/mol. The fourth-order valence-corrected chi connectivity index (χ4v) is 3.56. The minimum Gasteiger partial charge on any atom is -0.291 e. The van der Waals surface area contributed by atoms with E-state index in [9.17, 15) is 4.79 Å². The second-order valence-electron chi connectivity index (χ2n) is 5.03. The van der Waals surface area contributed by atoms with Gasteiger partial charge in [0.2, 0.25) is 0 Å². The number of nitrogens with zero attached hydrogens (tertiary/aromatic N) is 1. The van der Waals surface area contributed by atoms with E-state index in [1.165, 1.54) is 30.6 Å². The number of carbonyl (C=O) groups is 1. The molecule has 2 heterocycles. The van der Waals surface area contributed by atoms with Crippen molar-refractivity contribution in [3.63, 3.8) is 0 Å². The van der Waals surface area contributed by atoms with Gasteiger partial charge in [0, 0.05) is 0 Å². The maximum Gasteiger partial charge on any atom is 0.193 e. The lowest BCUT2D eigenvalue weighted by Gasteiger charge is -2.39. The fraction of sp³-hybridized carbons (Fsp3) is 0.615. The van der Waals surface area contributed by atoms with Gasteiger partial charge in [-0.2, -0.15) is 0 Å². The van der Waals surface area contributed by atoms with Crippen LogP contribution >= 0.6 is 22.9 Å². The monoisotopic (exact) mass is 271 g/mol. The summed E-state index contributed by atoms with van der Waals surface area (Å²) in [4.78, 5) is 15.5. The topological polar surface area (TPSA) is 20.3 Å². The molecule has 0 amide bonds. The Kier molecular flexibility index (Phi) is 3.91. The first-order valence-electron chi connectivity index (χ1n) is 6.06. The number of carbonyl (C=O) groups excluding carboxylic acids is 1. The quantitative estimate of drug-likeness (QED) is 0.779. The number of Topliss-reactive ketones (excluding diaryl/α,β-unsaturated/α-hetero) is 1. The van der Waals surface area contributed by atoms with E-state index in [4.69, 9.17) is 11.6 Å². The molecule has 1 saturated heterocycles. The molecule has 2 nitrogen and oxygen atoms in total. The third-order valence-electron chi connectivity index (χ3n) is 3.53. The van der Waals surface area contributed by atoms with E-state index in [0.29, 0.717) is 9.90 Å². The predicted molar refractivity (Wildman–Crippen MR) is 73.2 cm³/mol. The molecule has 0 bridgehead atoms. The van der Waals surface area contributed by atoms with Crippen molar-refractivity contribution in [1.29, 1.82) is 0 Å². The summed E-state index contributed by atoms with van der Waals surface area (Å²) < 4.78 is 0. The Balaban J connectivity index is 2.19. The van der Waals surface area contributed by atoms with Gasteiger partial charge in [0.05, 0.1) is 15.4 Å². The molecule has 0 aromatic carbocycles. The molecule has 94 valence electrons. The average Bonchev–Trinajstić information content (AvgIpc) is 2.75. The summed E-state index contributed by atoms with van der Waals surface area (Å²) in [6, 6.07) is 1.80. The number of thiophene rings is 1. The zero-order valence-electron chi connectivity index (χ0n) is 10.3. The van der Waals surface area contributed by atoms with E-state index in [0.717, 1.165) is 13.1 Å². The van der Waals surface area contributed by atoms with Crippen molar-refractivity contribution in [3.05, 3.63) is 21.3 Å². The zero-order valence-corrected chi connectivity index (χ0v) is 11.9. The lowest BCUT2D eigenvalue weighted by molar-refractivity contribution is 0.0583. The number of halogens is 1. The van der Waals surface area contributed by atoms with Gasteiger partial charge in [0.1, 0.15) is 0 Å². The third-order valence-corrected chi connectivity index (χ3v) is 4.87. The number of ketones is 1. The van der Waals surface area contributed by atoms with Crippen LogP contribution in [-0.2, 0) is 0 Å². The standard InChI is InChI=1S/C13H18ClNOS/c1-13(2,15-7-4-3-5-8-15)12(16)11-10(14)6-9-17-11/h6,9H,3-5,7-8H2,1-2H3. The van der Waals surface area contributed by atoms with E-state index >= 15 is 0 Å². The molecular formula is C13H18ClNOS. The summed E-state index contributed by atoms with van der Waals surface area (Å²) in [5.41, 5.74) is -0.436. The van der Waals surface area contributed by atoms with Gasteiger partial charge in [-0.05, 0) is 51.2 Å². The van der Waals surface area contributed by atoms with E-state index in [1.54, 1.807) is 6.07 Å². The highest BCUT2D eigenvalue weighted by Crippen LogP contribution is 2.30. The maximum absolute atomic E-state index is 12.5. The molecule has 0 unspecified atom stereocenters. The van der Waals surface area contributed by atoms with Crippen molar-refractivity contribution in [2.45, 2.75) is 38.6 Å². The molecule has 0 spiro atoms. The Bertz CT molecular complexity index is 407. The van der Waals surface area contributed by atoms with Crippen LogP contribution in [0.3, 0.4) is 0 Å². The van der Waals surface area contributed by atoms with Crippen molar-refractivity contribution in [2.24, 2.45) is 0 Å². The van der Waals surface area contributed by atoms with E-state index < -0.39 is 5.54 Å². The highest BCUT2D eigenvalue weighted by atomic mass is 35.5. The Labute approximate surface area is 112 Å². The van der Waals surface area contributed by atoms with Gasteiger partial charge in [-0.25, -0.2) is 0 Å². The minimum absolute atomic E-state index is 0.152. The van der Waals surface area contributed by atoms with Crippen LogP contribution in [0.4, 0.5) is 0 Å². The number of rotatable bonds is 3. The first-order chi connectivity index (χ1) is 8.03. The summed E-state index contributed by atoms with van der Waals surface area (Å²) in [7, 11) is 0. The van der Waals surface area contributed by atoms with E-state index in [-0.39, 0.29) is 5.78 Å². The number of hydrogen-bond donors (Lipinski definition) is 0.